The molecular formula is C16H25N3O2. The fraction of sp³-hybridized carbons (Fsp3) is 0.562. The minimum atomic E-state index is 0.140. The Bertz CT molecular complexity index is 438. The maximum absolute atomic E-state index is 12.5. The highest BCUT2D eigenvalue weighted by atomic mass is 16.5. The van der Waals surface area contributed by atoms with Gasteiger partial charge in [0.15, 0.2) is 0 Å². The summed E-state index contributed by atoms with van der Waals surface area (Å²) in [6.45, 7) is 4.28. The Morgan fingerprint density at radius 1 is 1.33 bits per heavy atom. The molecule has 5 nitrogen and oxygen atoms in total. The van der Waals surface area contributed by atoms with E-state index in [1.165, 1.54) is 5.56 Å². The number of likely N-dealkylation sites (N-methyl/N-ethyl adjacent to an activating group) is 1. The van der Waals surface area contributed by atoms with Gasteiger partial charge in [-0.05, 0) is 12.6 Å². The molecule has 0 radical (unpaired) electrons. The van der Waals surface area contributed by atoms with Gasteiger partial charge in [0.1, 0.15) is 0 Å². The SMILES string of the molecule is COCCNCC(=O)N1CCN(C)CC1c1ccccc1. The molecule has 5 heteroatoms. The predicted molar refractivity (Wildman–Crippen MR) is 83.1 cm³/mol. The summed E-state index contributed by atoms with van der Waals surface area (Å²) in [7, 11) is 3.77. The molecule has 0 saturated carbocycles. The van der Waals surface area contributed by atoms with Crippen LogP contribution in [0.25, 0.3) is 0 Å². The third-order valence-electron chi connectivity index (χ3n) is 3.85. The summed E-state index contributed by atoms with van der Waals surface area (Å²) in [4.78, 5) is 16.7. The standard InChI is InChI=1S/C16H25N3O2/c1-18-9-10-19(16(20)12-17-8-11-21-2)15(13-18)14-6-4-3-5-7-14/h3-7,15,17H,8-13H2,1-2H3. The van der Waals surface area contributed by atoms with Gasteiger partial charge in [0.2, 0.25) is 5.91 Å². The van der Waals surface area contributed by atoms with E-state index in [2.05, 4.69) is 29.4 Å². The van der Waals surface area contributed by atoms with Crippen LogP contribution in [0.2, 0.25) is 0 Å². The lowest BCUT2D eigenvalue weighted by atomic mass is 10.0. The molecule has 1 heterocycles. The van der Waals surface area contributed by atoms with Gasteiger partial charge in [-0.1, -0.05) is 30.3 Å². The average Bonchev–Trinajstić information content (AvgIpc) is 2.52. The van der Waals surface area contributed by atoms with Crippen molar-refractivity contribution in [2.24, 2.45) is 0 Å². The molecule has 1 N–H and O–H groups in total. The minimum Gasteiger partial charge on any atom is -0.383 e. The second-order valence-electron chi connectivity index (χ2n) is 5.45. The maximum Gasteiger partial charge on any atom is 0.237 e. The summed E-state index contributed by atoms with van der Waals surface area (Å²) in [5, 5.41) is 3.14. The molecule has 1 aliphatic rings. The number of carbonyl (C=O) groups excluding carboxylic acids is 1. The summed E-state index contributed by atoms with van der Waals surface area (Å²) < 4.78 is 4.98. The van der Waals surface area contributed by atoms with Gasteiger partial charge in [-0.15, -0.1) is 0 Å². The van der Waals surface area contributed by atoms with Crippen molar-refractivity contribution in [3.63, 3.8) is 0 Å². The third-order valence-corrected chi connectivity index (χ3v) is 3.85. The Balaban J connectivity index is 1.99. The number of ether oxygens (including phenoxy) is 1. The lowest BCUT2D eigenvalue weighted by Crippen LogP contribution is -2.51. The van der Waals surface area contributed by atoms with E-state index in [9.17, 15) is 4.79 Å². The monoisotopic (exact) mass is 291 g/mol. The van der Waals surface area contributed by atoms with Gasteiger partial charge < -0.3 is 19.9 Å². The fourth-order valence-electron chi connectivity index (χ4n) is 2.65. The Kier molecular flexibility index (Phi) is 6.17. The first kappa shape index (κ1) is 15.9. The van der Waals surface area contributed by atoms with Crippen LogP contribution >= 0.6 is 0 Å². The Hall–Kier alpha value is -1.43. The molecule has 0 bridgehead atoms. The number of methoxy groups -OCH3 is 1. The van der Waals surface area contributed by atoms with Gasteiger partial charge in [0, 0.05) is 33.3 Å². The van der Waals surface area contributed by atoms with E-state index >= 15 is 0 Å². The number of nitrogens with one attached hydrogen (secondary N) is 1. The van der Waals surface area contributed by atoms with Crippen LogP contribution in [-0.4, -0.2) is 69.2 Å². The first-order valence-corrected chi connectivity index (χ1v) is 7.45. The number of rotatable bonds is 6. The Morgan fingerprint density at radius 3 is 2.81 bits per heavy atom. The molecule has 1 atom stereocenters. The number of hydrogen-bond donors (Lipinski definition) is 1. The molecule has 1 aliphatic heterocycles. The van der Waals surface area contributed by atoms with Crippen LogP contribution in [0.4, 0.5) is 0 Å². The van der Waals surface area contributed by atoms with Crippen LogP contribution in [0.5, 0.6) is 0 Å². The average molecular weight is 291 g/mol. The van der Waals surface area contributed by atoms with E-state index in [0.29, 0.717) is 19.7 Å². The Morgan fingerprint density at radius 2 is 2.10 bits per heavy atom. The van der Waals surface area contributed by atoms with Crippen molar-refractivity contribution in [1.82, 2.24) is 15.1 Å². The second-order valence-corrected chi connectivity index (χ2v) is 5.45. The van der Waals surface area contributed by atoms with Gasteiger partial charge in [0.25, 0.3) is 0 Å². The summed E-state index contributed by atoms with van der Waals surface area (Å²) >= 11 is 0. The van der Waals surface area contributed by atoms with Crippen LogP contribution in [0.15, 0.2) is 30.3 Å². The van der Waals surface area contributed by atoms with Crippen molar-refractivity contribution >= 4 is 5.91 Å². The predicted octanol–water partition coefficient (Wildman–Crippen LogP) is 0.738. The summed E-state index contributed by atoms with van der Waals surface area (Å²) in [5.74, 6) is 0.160. The van der Waals surface area contributed by atoms with Crippen LogP contribution in [0, 0.1) is 0 Å². The van der Waals surface area contributed by atoms with Crippen LogP contribution in [-0.2, 0) is 9.53 Å². The second kappa shape index (κ2) is 8.12. The molecular weight excluding hydrogens is 266 g/mol. The summed E-state index contributed by atoms with van der Waals surface area (Å²) in [6, 6.07) is 10.4. The third kappa shape index (κ3) is 4.52. The van der Waals surface area contributed by atoms with Crippen molar-refractivity contribution in [2.45, 2.75) is 6.04 Å². The maximum atomic E-state index is 12.5. The van der Waals surface area contributed by atoms with Crippen molar-refractivity contribution in [1.29, 1.82) is 0 Å². The van der Waals surface area contributed by atoms with Crippen LogP contribution in [0.1, 0.15) is 11.6 Å². The number of piperazine rings is 1. The number of hydrogen-bond acceptors (Lipinski definition) is 4. The molecule has 1 unspecified atom stereocenters. The largest absolute Gasteiger partial charge is 0.383 e. The van der Waals surface area contributed by atoms with E-state index in [1.54, 1.807) is 7.11 Å². The smallest absolute Gasteiger partial charge is 0.237 e. The van der Waals surface area contributed by atoms with E-state index < -0.39 is 0 Å². The van der Waals surface area contributed by atoms with Gasteiger partial charge in [-0.2, -0.15) is 0 Å². The zero-order valence-electron chi connectivity index (χ0n) is 12.9. The molecule has 116 valence electrons. The zero-order chi connectivity index (χ0) is 15.1. The molecule has 0 aromatic heterocycles. The normalized spacial score (nSPS) is 19.7. The molecule has 21 heavy (non-hydrogen) atoms. The van der Waals surface area contributed by atoms with Gasteiger partial charge in [-0.3, -0.25) is 4.79 Å². The molecule has 1 amide bonds. The number of amides is 1. The lowest BCUT2D eigenvalue weighted by molar-refractivity contribution is -0.135. The van der Waals surface area contributed by atoms with Gasteiger partial charge in [0.05, 0.1) is 19.2 Å². The quantitative estimate of drug-likeness (QED) is 0.785. The van der Waals surface area contributed by atoms with Crippen molar-refractivity contribution in [3.8, 4) is 0 Å². The highest BCUT2D eigenvalue weighted by molar-refractivity contribution is 5.79. The highest BCUT2D eigenvalue weighted by Gasteiger charge is 2.29. The molecule has 0 spiro atoms. The van der Waals surface area contributed by atoms with E-state index in [1.807, 2.05) is 23.1 Å². The van der Waals surface area contributed by atoms with E-state index in [-0.39, 0.29) is 11.9 Å². The zero-order valence-corrected chi connectivity index (χ0v) is 12.9. The molecule has 1 aromatic carbocycles. The first-order chi connectivity index (χ1) is 10.2. The van der Waals surface area contributed by atoms with Crippen molar-refractivity contribution < 1.29 is 9.53 Å². The minimum absolute atomic E-state index is 0.140. The summed E-state index contributed by atoms with van der Waals surface area (Å²) in [5.41, 5.74) is 1.20. The fourth-order valence-corrected chi connectivity index (χ4v) is 2.65. The van der Waals surface area contributed by atoms with Crippen molar-refractivity contribution in [2.75, 3.05) is 53.5 Å². The van der Waals surface area contributed by atoms with Gasteiger partial charge >= 0.3 is 0 Å². The number of carbonyl (C=O) groups is 1. The Labute approximate surface area is 126 Å². The van der Waals surface area contributed by atoms with E-state index in [4.69, 9.17) is 4.74 Å². The molecule has 1 fully saturated rings. The number of benzene rings is 1. The first-order valence-electron chi connectivity index (χ1n) is 7.45. The lowest BCUT2D eigenvalue weighted by Gasteiger charge is -2.40. The molecule has 1 aromatic rings. The van der Waals surface area contributed by atoms with Crippen LogP contribution in [0.3, 0.4) is 0 Å². The molecule has 1 saturated heterocycles. The topological polar surface area (TPSA) is 44.8 Å². The van der Waals surface area contributed by atoms with Crippen molar-refractivity contribution in [3.05, 3.63) is 35.9 Å². The molecule has 0 aliphatic carbocycles. The van der Waals surface area contributed by atoms with Gasteiger partial charge in [-0.25, -0.2) is 0 Å². The van der Waals surface area contributed by atoms with Crippen LogP contribution < -0.4 is 5.32 Å². The highest BCUT2D eigenvalue weighted by Crippen LogP contribution is 2.24. The summed E-state index contributed by atoms with van der Waals surface area (Å²) in [6.07, 6.45) is 0. The molecule has 2 rings (SSSR count). The number of nitrogens with zero attached hydrogens (tertiary/aromatic N) is 2. The van der Waals surface area contributed by atoms with E-state index in [0.717, 1.165) is 19.6 Å².